The number of benzene rings is 3. The molecule has 3 rings (SSSR count). The van der Waals surface area contributed by atoms with Crippen molar-refractivity contribution in [1.82, 2.24) is 0 Å². The molecule has 0 aliphatic rings. The molecule has 0 saturated carbocycles. The Hall–Kier alpha value is -4.24. The summed E-state index contributed by atoms with van der Waals surface area (Å²) in [5.74, 6) is 21.1. The predicted octanol–water partition coefficient (Wildman–Crippen LogP) is 24.1. The molecule has 0 aliphatic heterocycles. The lowest BCUT2D eigenvalue weighted by Gasteiger charge is -2.20. The Labute approximate surface area is 514 Å². The summed E-state index contributed by atoms with van der Waals surface area (Å²) < 4.78 is 26.1. The third kappa shape index (κ3) is 35.7. The van der Waals surface area contributed by atoms with Gasteiger partial charge in [-0.1, -0.05) is 309 Å². The van der Waals surface area contributed by atoms with Gasteiger partial charge in [0.1, 0.15) is 8.07 Å². The van der Waals surface area contributed by atoms with E-state index in [2.05, 4.69) is 138 Å². The molecule has 0 N–H and O–H groups in total. The number of unbranched alkanes of at least 4 members (excludes halogenated alkanes) is 36. The van der Waals surface area contributed by atoms with Crippen LogP contribution in [0.4, 0.5) is 0 Å². The van der Waals surface area contributed by atoms with Crippen molar-refractivity contribution in [2.75, 3.05) is 26.4 Å². The average Bonchev–Trinajstić information content (AvgIpc) is 3.67. The molecule has 0 atom stereocenters. The molecule has 0 heterocycles. The molecule has 3 aromatic carbocycles. The molecule has 4 nitrogen and oxygen atoms in total. The zero-order valence-electron chi connectivity index (χ0n) is 55.1. The zero-order chi connectivity index (χ0) is 59.4. The molecular formula is C78H124O4Si. The smallest absolute Gasteiger partial charge is 0.162 e. The Bertz CT molecular complexity index is 2230. The summed E-state index contributed by atoms with van der Waals surface area (Å²) in [5.41, 5.74) is 8.38. The van der Waals surface area contributed by atoms with Gasteiger partial charge in [-0.05, 0) is 98.4 Å². The highest BCUT2D eigenvalue weighted by atomic mass is 28.3. The normalized spacial score (nSPS) is 11.1. The van der Waals surface area contributed by atoms with Gasteiger partial charge < -0.3 is 18.9 Å². The summed E-state index contributed by atoms with van der Waals surface area (Å²) in [6.07, 6.45) is 52.1. The molecule has 0 amide bonds. The molecule has 5 heteroatoms. The van der Waals surface area contributed by atoms with Crippen molar-refractivity contribution in [3.05, 3.63) is 82.4 Å². The monoisotopic (exact) mass is 1150 g/mol. The van der Waals surface area contributed by atoms with Crippen LogP contribution >= 0.6 is 0 Å². The molecule has 0 radical (unpaired) electrons. The Morgan fingerprint density at radius 2 is 0.518 bits per heavy atom. The van der Waals surface area contributed by atoms with Gasteiger partial charge in [0, 0.05) is 27.8 Å². The van der Waals surface area contributed by atoms with Crippen molar-refractivity contribution >= 4 is 8.07 Å². The first-order chi connectivity index (χ1) is 40.9. The number of ether oxygens (including phenoxy) is 4. The highest BCUT2D eigenvalue weighted by molar-refractivity contribution is 6.87. The van der Waals surface area contributed by atoms with Gasteiger partial charge in [-0.25, -0.2) is 0 Å². The van der Waals surface area contributed by atoms with Crippen LogP contribution in [0.3, 0.4) is 0 Å². The summed E-state index contributed by atoms with van der Waals surface area (Å²) in [6, 6.07) is 22.4. The van der Waals surface area contributed by atoms with Crippen LogP contribution < -0.4 is 18.9 Å². The van der Waals surface area contributed by atoms with E-state index in [0.717, 1.165) is 76.5 Å². The van der Waals surface area contributed by atoms with E-state index in [9.17, 15) is 0 Å². The van der Waals surface area contributed by atoms with Gasteiger partial charge in [0.15, 0.2) is 23.0 Å². The van der Waals surface area contributed by atoms with Crippen molar-refractivity contribution in [1.29, 1.82) is 0 Å². The van der Waals surface area contributed by atoms with Crippen LogP contribution in [0.15, 0.2) is 54.6 Å². The van der Waals surface area contributed by atoms with E-state index >= 15 is 0 Å². The Morgan fingerprint density at radius 1 is 0.253 bits per heavy atom. The fourth-order valence-corrected chi connectivity index (χ4v) is 13.5. The average molecular weight is 1150 g/mol. The van der Waals surface area contributed by atoms with Crippen molar-refractivity contribution in [2.24, 2.45) is 0 Å². The topological polar surface area (TPSA) is 36.9 Å². The maximum atomic E-state index is 6.57. The molecule has 0 aliphatic carbocycles. The van der Waals surface area contributed by atoms with Crippen LogP contribution in [0.2, 0.25) is 18.1 Å². The highest BCUT2D eigenvalue weighted by Gasteiger charge is 2.24. The fourth-order valence-electron chi connectivity index (χ4n) is 11.1. The molecule has 464 valence electrons. The third-order valence-corrected chi connectivity index (χ3v) is 21.8. The lowest BCUT2D eigenvalue weighted by Crippen LogP contribution is -2.29. The maximum absolute atomic E-state index is 6.57. The van der Waals surface area contributed by atoms with Crippen LogP contribution in [-0.2, 0) is 0 Å². The van der Waals surface area contributed by atoms with Gasteiger partial charge in [0.25, 0.3) is 0 Å². The van der Waals surface area contributed by atoms with Gasteiger partial charge in [-0.2, -0.15) is 0 Å². The van der Waals surface area contributed by atoms with E-state index in [0.29, 0.717) is 26.4 Å². The quantitative estimate of drug-likeness (QED) is 0.0321. The second-order valence-electron chi connectivity index (χ2n) is 24.3. The fraction of sp³-hybridized carbons (Fsp3) is 0.692. The standard InChI is InChI=1S/C78H124O4Si/c1-8-15-19-23-27-31-35-39-43-47-62-79-75-59-54-70(68-77(75)81-64-49-45-41-37-33-29-25-21-17-10-3)51-56-73-57-52-72(61-66-83(12-5,13-6)14-7)67-74(73)58-53-71-55-60-76(80-63-48-44-40-36-32-28-24-20-16-9-2)78(69-71)82-65-50-46-42-38-34-30-26-22-18-11-4/h52,54-55,57,59-60,67-69H,8-50,62-65H2,1-7H3. The minimum Gasteiger partial charge on any atom is -0.490 e. The van der Waals surface area contributed by atoms with Gasteiger partial charge >= 0.3 is 0 Å². The van der Waals surface area contributed by atoms with Crippen LogP contribution in [0, 0.1) is 35.1 Å². The first-order valence-corrected chi connectivity index (χ1v) is 38.1. The molecule has 0 spiro atoms. The van der Waals surface area contributed by atoms with Crippen LogP contribution in [0.25, 0.3) is 0 Å². The Morgan fingerprint density at radius 3 is 0.831 bits per heavy atom. The summed E-state index contributed by atoms with van der Waals surface area (Å²) in [6.45, 7) is 18.9. The molecule has 0 fully saturated rings. The van der Waals surface area contributed by atoms with Gasteiger partial charge in [0.05, 0.1) is 26.4 Å². The highest BCUT2D eigenvalue weighted by Crippen LogP contribution is 2.31. The van der Waals surface area contributed by atoms with Crippen LogP contribution in [0.5, 0.6) is 23.0 Å². The van der Waals surface area contributed by atoms with Gasteiger partial charge in [-0.3, -0.25) is 0 Å². The van der Waals surface area contributed by atoms with Crippen molar-refractivity contribution in [3.8, 4) is 58.1 Å². The molecule has 83 heavy (non-hydrogen) atoms. The lowest BCUT2D eigenvalue weighted by molar-refractivity contribution is 0.258. The van der Waals surface area contributed by atoms with Crippen molar-refractivity contribution in [2.45, 2.75) is 323 Å². The Balaban J connectivity index is 1.86. The maximum Gasteiger partial charge on any atom is 0.162 e. The molecule has 0 unspecified atom stereocenters. The lowest BCUT2D eigenvalue weighted by atomic mass is 10.0. The second kappa shape index (κ2) is 51.0. The molecule has 0 saturated heterocycles. The molecule has 3 aromatic rings. The van der Waals surface area contributed by atoms with Crippen molar-refractivity contribution in [3.63, 3.8) is 0 Å². The summed E-state index contributed by atoms with van der Waals surface area (Å²) in [7, 11) is -1.66. The van der Waals surface area contributed by atoms with E-state index in [1.807, 2.05) is 0 Å². The van der Waals surface area contributed by atoms with E-state index in [-0.39, 0.29) is 0 Å². The summed E-state index contributed by atoms with van der Waals surface area (Å²) in [5, 5.41) is 0. The third-order valence-electron chi connectivity index (χ3n) is 17.1. The van der Waals surface area contributed by atoms with Crippen molar-refractivity contribution < 1.29 is 18.9 Å². The zero-order valence-corrected chi connectivity index (χ0v) is 56.1. The molecule has 0 bridgehead atoms. The number of hydrogen-bond donors (Lipinski definition) is 0. The largest absolute Gasteiger partial charge is 0.490 e. The summed E-state index contributed by atoms with van der Waals surface area (Å²) >= 11 is 0. The van der Waals surface area contributed by atoms with E-state index in [4.69, 9.17) is 18.9 Å². The van der Waals surface area contributed by atoms with Crippen LogP contribution in [0.1, 0.15) is 333 Å². The minimum absolute atomic E-state index is 0.680. The summed E-state index contributed by atoms with van der Waals surface area (Å²) in [4.78, 5) is 0. The molecule has 0 aromatic heterocycles. The number of rotatable bonds is 51. The van der Waals surface area contributed by atoms with Gasteiger partial charge in [-0.15, -0.1) is 5.54 Å². The Kier molecular flexibility index (Phi) is 44.9. The van der Waals surface area contributed by atoms with Crippen LogP contribution in [-0.4, -0.2) is 34.5 Å². The predicted molar refractivity (Wildman–Crippen MR) is 365 cm³/mol. The van der Waals surface area contributed by atoms with Gasteiger partial charge in [0.2, 0.25) is 0 Å². The number of hydrogen-bond acceptors (Lipinski definition) is 4. The minimum atomic E-state index is -1.66. The second-order valence-corrected chi connectivity index (χ2v) is 29.2. The van der Waals surface area contributed by atoms with E-state index in [1.54, 1.807) is 0 Å². The first-order valence-electron chi connectivity index (χ1n) is 35.4. The van der Waals surface area contributed by atoms with E-state index in [1.165, 1.54) is 249 Å². The SMILES string of the molecule is CCCCCCCCCCCCOc1ccc(C#Cc2ccc(C#C[Si](CC)(CC)CC)cc2C#Cc2ccc(OCCCCCCCCCCCC)c(OCCCCCCCCCCCC)c2)cc1OCCCCCCCCCCCC. The van der Waals surface area contributed by atoms with E-state index < -0.39 is 8.07 Å². The molecular weight excluding hydrogens is 1030 g/mol. The first kappa shape index (κ1) is 73.0.